The summed E-state index contributed by atoms with van der Waals surface area (Å²) in [5.74, 6) is 2.21. The van der Waals surface area contributed by atoms with Crippen LogP contribution in [0.25, 0.3) is 0 Å². The van der Waals surface area contributed by atoms with Gasteiger partial charge in [-0.05, 0) is 56.2 Å². The molecule has 2 fully saturated rings. The maximum atomic E-state index is 13.1. The molecule has 1 amide bonds. The van der Waals surface area contributed by atoms with Crippen LogP contribution in [0.3, 0.4) is 0 Å². The van der Waals surface area contributed by atoms with Crippen molar-refractivity contribution in [2.75, 3.05) is 37.7 Å². The van der Waals surface area contributed by atoms with Gasteiger partial charge in [0.15, 0.2) is 0 Å². The van der Waals surface area contributed by atoms with Crippen LogP contribution >= 0.6 is 11.8 Å². The molecule has 0 radical (unpaired) electrons. The smallest absolute Gasteiger partial charge is 0.254 e. The highest BCUT2D eigenvalue weighted by Crippen LogP contribution is 2.33. The van der Waals surface area contributed by atoms with Crippen molar-refractivity contribution >= 4 is 27.7 Å². The molecule has 28 heavy (non-hydrogen) atoms. The third kappa shape index (κ3) is 3.89. The third-order valence-corrected chi connectivity index (χ3v) is 9.10. The number of rotatable bonds is 3. The summed E-state index contributed by atoms with van der Waals surface area (Å²) in [6.07, 6.45) is 6.90. The minimum atomic E-state index is -3.56. The minimum Gasteiger partial charge on any atom is -0.335 e. The SMILES string of the molecule is Cc1ccc(C(=O)N2CCC3CCCC=C3C2)cc1S(=O)(=O)N1CCSCC1. The number of carbonyl (C=O) groups is 1. The summed E-state index contributed by atoms with van der Waals surface area (Å²) in [4.78, 5) is 15.3. The fraction of sp³-hybridized carbons (Fsp3) is 0.571. The first-order valence-corrected chi connectivity index (χ1v) is 12.7. The molecule has 2 saturated heterocycles. The van der Waals surface area contributed by atoms with Gasteiger partial charge in [0, 0.05) is 43.2 Å². The van der Waals surface area contributed by atoms with Crippen LogP contribution < -0.4 is 0 Å². The highest BCUT2D eigenvalue weighted by Gasteiger charge is 2.31. The predicted octanol–water partition coefficient (Wildman–Crippen LogP) is 3.30. The van der Waals surface area contributed by atoms with Crippen LogP contribution in [-0.4, -0.2) is 61.2 Å². The van der Waals surface area contributed by atoms with Crippen LogP contribution in [0.5, 0.6) is 0 Å². The molecule has 3 aliphatic rings. The molecule has 0 aromatic heterocycles. The molecule has 7 heteroatoms. The molecular weight excluding hydrogens is 392 g/mol. The zero-order valence-electron chi connectivity index (χ0n) is 16.4. The van der Waals surface area contributed by atoms with Crippen molar-refractivity contribution in [3.8, 4) is 0 Å². The van der Waals surface area contributed by atoms with Gasteiger partial charge in [-0.3, -0.25) is 4.79 Å². The Hall–Kier alpha value is -1.31. The molecule has 1 atom stereocenters. The Morgan fingerprint density at radius 2 is 1.93 bits per heavy atom. The molecule has 1 aliphatic carbocycles. The number of likely N-dealkylation sites (tertiary alicyclic amines) is 1. The topological polar surface area (TPSA) is 57.7 Å². The van der Waals surface area contributed by atoms with E-state index in [1.54, 1.807) is 41.2 Å². The van der Waals surface area contributed by atoms with Crippen molar-refractivity contribution < 1.29 is 13.2 Å². The van der Waals surface area contributed by atoms with Crippen molar-refractivity contribution in [2.24, 2.45) is 5.92 Å². The number of benzene rings is 1. The van der Waals surface area contributed by atoms with Gasteiger partial charge in [-0.25, -0.2) is 8.42 Å². The number of nitrogens with zero attached hydrogens (tertiary/aromatic N) is 2. The fourth-order valence-corrected chi connectivity index (χ4v) is 7.26. The maximum Gasteiger partial charge on any atom is 0.254 e. The number of hydrogen-bond acceptors (Lipinski definition) is 4. The summed E-state index contributed by atoms with van der Waals surface area (Å²) in [6.45, 7) is 4.31. The van der Waals surface area contributed by atoms with Crippen LogP contribution in [0.4, 0.5) is 0 Å². The molecule has 1 aromatic carbocycles. The normalized spacial score (nSPS) is 23.8. The minimum absolute atomic E-state index is 0.0597. The van der Waals surface area contributed by atoms with Gasteiger partial charge < -0.3 is 4.90 Å². The predicted molar refractivity (Wildman–Crippen MR) is 113 cm³/mol. The Bertz CT molecular complexity index is 889. The first kappa shape index (κ1) is 20.0. The highest BCUT2D eigenvalue weighted by molar-refractivity contribution is 7.99. The second-order valence-electron chi connectivity index (χ2n) is 7.92. The summed E-state index contributed by atoms with van der Waals surface area (Å²) in [5.41, 5.74) is 2.56. The van der Waals surface area contributed by atoms with E-state index < -0.39 is 10.0 Å². The molecule has 0 N–H and O–H groups in total. The van der Waals surface area contributed by atoms with E-state index in [1.807, 2.05) is 4.90 Å². The van der Waals surface area contributed by atoms with Crippen molar-refractivity contribution in [2.45, 2.75) is 37.5 Å². The largest absolute Gasteiger partial charge is 0.335 e. The van der Waals surface area contributed by atoms with E-state index in [1.165, 1.54) is 18.4 Å². The van der Waals surface area contributed by atoms with Gasteiger partial charge in [-0.15, -0.1) is 0 Å². The molecule has 2 heterocycles. The van der Waals surface area contributed by atoms with Crippen LogP contribution in [0.1, 0.15) is 41.6 Å². The van der Waals surface area contributed by atoms with E-state index in [-0.39, 0.29) is 10.8 Å². The van der Waals surface area contributed by atoms with E-state index in [2.05, 4.69) is 6.08 Å². The second kappa shape index (κ2) is 8.20. The van der Waals surface area contributed by atoms with Gasteiger partial charge >= 0.3 is 0 Å². The summed E-state index contributed by atoms with van der Waals surface area (Å²) in [5, 5.41) is 0. The van der Waals surface area contributed by atoms with Crippen LogP contribution in [0.15, 0.2) is 34.7 Å². The van der Waals surface area contributed by atoms with Gasteiger partial charge in [-0.1, -0.05) is 17.7 Å². The average Bonchev–Trinajstić information content (AvgIpc) is 2.73. The lowest BCUT2D eigenvalue weighted by Crippen LogP contribution is -2.41. The number of thioether (sulfide) groups is 1. The van der Waals surface area contributed by atoms with E-state index in [0.29, 0.717) is 36.7 Å². The second-order valence-corrected chi connectivity index (χ2v) is 11.1. The number of carbonyl (C=O) groups excluding carboxylic acids is 1. The van der Waals surface area contributed by atoms with Gasteiger partial charge in [0.1, 0.15) is 0 Å². The monoisotopic (exact) mass is 420 g/mol. The first-order chi connectivity index (χ1) is 13.5. The Morgan fingerprint density at radius 3 is 2.71 bits per heavy atom. The zero-order valence-corrected chi connectivity index (χ0v) is 18.0. The number of piperidine rings is 1. The lowest BCUT2D eigenvalue weighted by molar-refractivity contribution is 0.0730. The molecule has 1 aromatic rings. The Labute approximate surface area is 172 Å². The molecule has 0 bridgehead atoms. The van der Waals surface area contributed by atoms with Gasteiger partial charge in [0.05, 0.1) is 4.90 Å². The lowest BCUT2D eigenvalue weighted by Gasteiger charge is -2.36. The molecule has 2 aliphatic heterocycles. The van der Waals surface area contributed by atoms with Crippen LogP contribution in [-0.2, 0) is 10.0 Å². The molecule has 0 spiro atoms. The molecule has 4 rings (SSSR count). The molecule has 5 nitrogen and oxygen atoms in total. The van der Waals surface area contributed by atoms with Crippen molar-refractivity contribution in [3.05, 3.63) is 41.0 Å². The average molecular weight is 421 g/mol. The van der Waals surface area contributed by atoms with Crippen molar-refractivity contribution in [3.63, 3.8) is 0 Å². The van der Waals surface area contributed by atoms with Crippen molar-refractivity contribution in [1.29, 1.82) is 0 Å². The number of sulfonamides is 1. The Balaban J connectivity index is 1.58. The summed E-state index contributed by atoms with van der Waals surface area (Å²) in [6, 6.07) is 5.13. The summed E-state index contributed by atoms with van der Waals surface area (Å²) in [7, 11) is -3.56. The summed E-state index contributed by atoms with van der Waals surface area (Å²) < 4.78 is 27.8. The number of fused-ring (bicyclic) bond motifs is 1. The van der Waals surface area contributed by atoms with Gasteiger partial charge in [0.2, 0.25) is 10.0 Å². The zero-order chi connectivity index (χ0) is 19.7. The number of amides is 1. The number of allylic oxidation sites excluding steroid dienone is 1. The van der Waals surface area contributed by atoms with E-state index >= 15 is 0 Å². The number of aryl methyl sites for hydroxylation is 1. The standard InChI is InChI=1S/C21H28N2O3S2/c1-16-6-7-18(14-20(16)28(25,26)23-10-12-27-13-11-23)21(24)22-9-8-17-4-2-3-5-19(17)15-22/h5-7,14,17H,2-4,8-13,15H2,1H3. The van der Waals surface area contributed by atoms with Gasteiger partial charge in [-0.2, -0.15) is 16.1 Å². The Morgan fingerprint density at radius 1 is 1.14 bits per heavy atom. The van der Waals surface area contributed by atoms with E-state index in [4.69, 9.17) is 0 Å². The maximum absolute atomic E-state index is 13.1. The molecule has 1 unspecified atom stereocenters. The van der Waals surface area contributed by atoms with Crippen LogP contribution in [0.2, 0.25) is 0 Å². The van der Waals surface area contributed by atoms with E-state index in [9.17, 15) is 13.2 Å². The van der Waals surface area contributed by atoms with E-state index in [0.717, 1.165) is 30.9 Å². The van der Waals surface area contributed by atoms with Crippen LogP contribution in [0, 0.1) is 12.8 Å². The Kier molecular flexibility index (Phi) is 5.86. The first-order valence-electron chi connectivity index (χ1n) is 10.1. The molecule has 152 valence electrons. The lowest BCUT2D eigenvalue weighted by atomic mass is 9.82. The molecular formula is C21H28N2O3S2. The summed E-state index contributed by atoms with van der Waals surface area (Å²) >= 11 is 1.78. The highest BCUT2D eigenvalue weighted by atomic mass is 32.2. The quantitative estimate of drug-likeness (QED) is 0.704. The van der Waals surface area contributed by atoms with Gasteiger partial charge in [0.25, 0.3) is 5.91 Å². The third-order valence-electron chi connectivity index (χ3n) is 6.12. The molecule has 0 saturated carbocycles. The number of hydrogen-bond donors (Lipinski definition) is 0. The fourth-order valence-electron chi connectivity index (χ4n) is 4.43. The van der Waals surface area contributed by atoms with Crippen molar-refractivity contribution in [1.82, 2.24) is 9.21 Å².